The number of alkyl halides is 12. The quantitative estimate of drug-likeness (QED) is 0.0294. The van der Waals surface area contributed by atoms with Crippen molar-refractivity contribution in [1.82, 2.24) is 14.7 Å². The van der Waals surface area contributed by atoms with E-state index >= 15 is 0 Å². The standard InChI is InChI=1S/2C28H28F3NO3.C26H24F3NO3.C14H9F3O.Na.H2O/c2*1-2-34-27(33)19-35-26-11-8-22-12-14-32(15-13-24(22)17-26)18-20-4-3-5-23(16-20)21-6-9-25(10-7-21)28(29,30)31;27-26(28,29)23-7-4-19(5-8-23)21-3-1-2-18(14-21)16-30-12-10-20-6-9-24(33-17-25(31)32)15-22(20)11-13-30;15-14(16,17)13-6-4-11(5-7-13)12-3-1-2-10(8-12)9-18;;/h2*3-11,16-17H,2,12-15,18-19H2,1H3;1-9,14-15H,10-13,16-17H2,(H,31,32);1-9H;;1H2/q;;;;+1;/p-1. The van der Waals surface area contributed by atoms with Gasteiger partial charge < -0.3 is 34.3 Å². The number of benzene rings is 11. The van der Waals surface area contributed by atoms with Gasteiger partial charge in [-0.25, -0.2) is 14.4 Å². The van der Waals surface area contributed by atoms with Crippen LogP contribution in [0.15, 0.2) is 249 Å². The molecule has 0 spiro atoms. The largest absolute Gasteiger partial charge is 1.00 e. The molecule has 0 atom stereocenters. The van der Waals surface area contributed by atoms with Crippen LogP contribution in [0.4, 0.5) is 52.7 Å². The summed E-state index contributed by atoms with van der Waals surface area (Å²) in [6.07, 6.45) is -11.4. The maximum absolute atomic E-state index is 12.9. The average Bonchev–Trinajstić information content (AvgIpc) is 1.39. The maximum atomic E-state index is 12.9. The summed E-state index contributed by atoms with van der Waals surface area (Å²) in [5, 5.41) is 8.79. The number of carbonyl (C=O) groups is 4. The monoisotopic (exact) mass is 1710 g/mol. The van der Waals surface area contributed by atoms with E-state index in [-0.39, 0.29) is 66.8 Å². The minimum atomic E-state index is -4.34. The number of fused-ring (bicyclic) bond motifs is 3. The molecule has 0 aliphatic carbocycles. The molecule has 0 bridgehead atoms. The van der Waals surface area contributed by atoms with E-state index in [0.717, 1.165) is 196 Å². The van der Waals surface area contributed by atoms with E-state index in [1.807, 2.05) is 115 Å². The Morgan fingerprint density at radius 1 is 0.333 bits per heavy atom. The van der Waals surface area contributed by atoms with Gasteiger partial charge in [-0.15, -0.1) is 0 Å². The number of carbonyl (C=O) groups excluding carboxylic acids is 3. The van der Waals surface area contributed by atoms with Crippen LogP contribution in [0.1, 0.15) is 96.5 Å². The summed E-state index contributed by atoms with van der Waals surface area (Å²) >= 11 is 0. The van der Waals surface area contributed by atoms with E-state index < -0.39 is 52.9 Å². The van der Waals surface area contributed by atoms with Crippen LogP contribution in [0.3, 0.4) is 0 Å². The van der Waals surface area contributed by atoms with E-state index in [0.29, 0.717) is 53.4 Å². The van der Waals surface area contributed by atoms with Crippen LogP contribution in [0.5, 0.6) is 17.2 Å². The summed E-state index contributed by atoms with van der Waals surface area (Å²) in [6.45, 7) is 11.2. The van der Waals surface area contributed by atoms with Gasteiger partial charge in [0.15, 0.2) is 19.8 Å². The number of ether oxygens (including phenoxy) is 5. The van der Waals surface area contributed by atoms with E-state index in [9.17, 15) is 71.9 Å². The Kier molecular flexibility index (Phi) is 34.9. The molecule has 0 amide bonds. The summed E-state index contributed by atoms with van der Waals surface area (Å²) in [5.41, 5.74) is 14.9. The molecule has 123 heavy (non-hydrogen) atoms. The van der Waals surface area contributed by atoms with Gasteiger partial charge in [-0.05, 0) is 256 Å². The number of nitrogens with zero attached hydrogens (tertiary/aromatic N) is 3. The zero-order valence-corrected chi connectivity index (χ0v) is 69.8. The van der Waals surface area contributed by atoms with E-state index in [1.54, 1.807) is 38.1 Å². The first-order valence-corrected chi connectivity index (χ1v) is 39.4. The second-order valence-electron chi connectivity index (χ2n) is 29.1. The topological polar surface area (TPSA) is 174 Å². The van der Waals surface area contributed by atoms with Gasteiger partial charge in [0, 0.05) is 64.5 Å². The fourth-order valence-corrected chi connectivity index (χ4v) is 14.3. The average molecular weight is 1710 g/mol. The first kappa shape index (κ1) is 95.7. The predicted molar refractivity (Wildman–Crippen MR) is 440 cm³/mol. The van der Waals surface area contributed by atoms with Crippen LogP contribution < -0.4 is 43.8 Å². The second-order valence-corrected chi connectivity index (χ2v) is 29.1. The van der Waals surface area contributed by atoms with Crippen molar-refractivity contribution in [1.29, 1.82) is 0 Å². The molecule has 11 aromatic carbocycles. The SMILES string of the molecule is CCOC(=O)COc1ccc2c(c1)CCN(Cc1cccc(-c3ccc(C(F)(F)F)cc3)c1)CC2.CCOC(=O)COc1ccc2c(c1)CCN(Cc1cccc(-c3ccc(C(F)(F)F)cc3)c1)CC2.O=C(O)COc1ccc2c(c1)CCN(Cc1cccc(-c3ccc(C(F)(F)F)cc3)c1)CC2.O=Cc1cccc(-c2ccc(C(F)(F)F)cc2)c1.[Na+].[OH-]. The molecule has 3 heterocycles. The van der Waals surface area contributed by atoms with E-state index in [1.165, 1.54) is 81.9 Å². The number of aldehydes is 1. The van der Waals surface area contributed by atoms with Crippen LogP contribution in [-0.2, 0) is 107 Å². The zero-order valence-electron chi connectivity index (χ0n) is 67.8. The van der Waals surface area contributed by atoms with Crippen LogP contribution in [0, 0.1) is 0 Å². The number of esters is 2. The Hall–Kier alpha value is -11.1. The molecule has 14 nitrogen and oxygen atoms in total. The van der Waals surface area contributed by atoms with Gasteiger partial charge in [0.2, 0.25) is 0 Å². The minimum absolute atomic E-state index is 0. The number of aliphatic carboxylic acids is 1. The summed E-state index contributed by atoms with van der Waals surface area (Å²) in [6, 6.07) is 68.8. The van der Waals surface area contributed by atoms with Crippen molar-refractivity contribution < 1.29 is 136 Å². The van der Waals surface area contributed by atoms with Crippen molar-refractivity contribution in [2.24, 2.45) is 0 Å². The summed E-state index contributed by atoms with van der Waals surface area (Å²) in [4.78, 5) is 51.6. The molecule has 640 valence electrons. The molecule has 0 saturated carbocycles. The fraction of sp³-hybridized carbons (Fsp3) is 0.271. The molecule has 0 unspecified atom stereocenters. The molecule has 11 aromatic rings. The molecule has 27 heteroatoms. The Labute approximate surface area is 727 Å². The minimum Gasteiger partial charge on any atom is -0.870 e. The molecule has 3 aliphatic rings. The number of rotatable bonds is 22. The summed E-state index contributed by atoms with van der Waals surface area (Å²) in [5.74, 6) is 0.117. The molecule has 0 aromatic heterocycles. The summed E-state index contributed by atoms with van der Waals surface area (Å²) in [7, 11) is 0. The van der Waals surface area contributed by atoms with Gasteiger partial charge in [0.1, 0.15) is 23.5 Å². The third-order valence-electron chi connectivity index (χ3n) is 20.6. The van der Waals surface area contributed by atoms with Crippen molar-refractivity contribution in [3.05, 3.63) is 327 Å². The van der Waals surface area contributed by atoms with Crippen LogP contribution >= 0.6 is 0 Å². The molecular formula is C96H90F12N3NaO11. The molecule has 3 aliphatic heterocycles. The Bertz CT molecular complexity index is 5120. The van der Waals surface area contributed by atoms with Crippen molar-refractivity contribution in [2.45, 2.75) is 96.7 Å². The van der Waals surface area contributed by atoms with Crippen molar-refractivity contribution in [3.63, 3.8) is 0 Å². The van der Waals surface area contributed by atoms with Gasteiger partial charge in [-0.3, -0.25) is 19.5 Å². The van der Waals surface area contributed by atoms with Crippen molar-refractivity contribution in [3.8, 4) is 61.8 Å². The van der Waals surface area contributed by atoms with E-state index in [4.69, 9.17) is 28.8 Å². The summed E-state index contributed by atoms with van der Waals surface area (Å²) < 4.78 is 179. The zero-order chi connectivity index (χ0) is 86.3. The van der Waals surface area contributed by atoms with Gasteiger partial charge >= 0.3 is 72.2 Å². The molecule has 14 rings (SSSR count). The van der Waals surface area contributed by atoms with E-state index in [2.05, 4.69) is 26.8 Å². The number of halogens is 12. The fourth-order valence-electron chi connectivity index (χ4n) is 14.3. The van der Waals surface area contributed by atoms with Gasteiger partial charge in [-0.1, -0.05) is 140 Å². The first-order chi connectivity index (χ1) is 57.9. The number of hydrogen-bond donors (Lipinski definition) is 1. The molecule has 2 N–H and O–H groups in total. The first-order valence-electron chi connectivity index (χ1n) is 39.4. The maximum Gasteiger partial charge on any atom is 1.00 e. The van der Waals surface area contributed by atoms with Crippen molar-refractivity contribution >= 4 is 24.2 Å². The smallest absolute Gasteiger partial charge is 0.870 e. The number of carboxylic acid groups (broad SMARTS) is 1. The Balaban J connectivity index is 0.000000189. The van der Waals surface area contributed by atoms with Gasteiger partial charge in [0.25, 0.3) is 0 Å². The van der Waals surface area contributed by atoms with Crippen LogP contribution in [0.2, 0.25) is 0 Å². The Morgan fingerprint density at radius 2 is 0.593 bits per heavy atom. The third kappa shape index (κ3) is 29.0. The number of hydrogen-bond acceptors (Lipinski definition) is 13. The van der Waals surface area contributed by atoms with Crippen molar-refractivity contribution in [2.75, 3.05) is 72.3 Å². The predicted octanol–water partition coefficient (Wildman–Crippen LogP) is 18.3. The van der Waals surface area contributed by atoms with Crippen LogP contribution in [0.25, 0.3) is 44.5 Å². The number of carboxylic acids is 1. The third-order valence-corrected chi connectivity index (χ3v) is 20.6. The molecule has 0 fully saturated rings. The second kappa shape index (κ2) is 44.8. The molecule has 0 radical (unpaired) electrons. The molecular weight excluding hydrogens is 1620 g/mol. The Morgan fingerprint density at radius 3 is 0.854 bits per heavy atom. The van der Waals surface area contributed by atoms with Gasteiger partial charge in [0.05, 0.1) is 35.5 Å². The van der Waals surface area contributed by atoms with Crippen LogP contribution in [-0.4, -0.2) is 122 Å². The molecule has 0 saturated heterocycles. The van der Waals surface area contributed by atoms with Gasteiger partial charge in [-0.2, -0.15) is 52.7 Å². The normalized spacial score (nSPS) is 13.6.